The Bertz CT molecular complexity index is 918. The first-order valence-electron chi connectivity index (χ1n) is 7.81. The van der Waals surface area contributed by atoms with E-state index < -0.39 is 0 Å². The van der Waals surface area contributed by atoms with Gasteiger partial charge in [-0.05, 0) is 52.4 Å². The van der Waals surface area contributed by atoms with Crippen LogP contribution in [0.4, 0.5) is 0 Å². The predicted octanol–water partition coefficient (Wildman–Crippen LogP) is 6.15. The van der Waals surface area contributed by atoms with Gasteiger partial charge < -0.3 is 0 Å². The molecule has 0 radical (unpaired) electrons. The molecule has 2 bridgehead atoms. The fourth-order valence-corrected chi connectivity index (χ4v) is 5.46. The highest BCUT2D eigenvalue weighted by Gasteiger charge is 2.50. The summed E-state index contributed by atoms with van der Waals surface area (Å²) in [4.78, 5) is 0. The van der Waals surface area contributed by atoms with Crippen LogP contribution >= 0.6 is 23.2 Å². The average Bonchev–Trinajstić information content (AvgIpc) is 2.55. The third-order valence-corrected chi connectivity index (χ3v) is 6.15. The third-order valence-electron chi connectivity index (χ3n) is 5.52. The molecule has 3 aliphatic rings. The Labute approximate surface area is 145 Å². The first-order valence-corrected chi connectivity index (χ1v) is 8.57. The Hall–Kier alpha value is -1.76. The molecule has 0 unspecified atom stereocenters. The maximum Gasteiger partial charge on any atom is 0.0461 e. The van der Waals surface area contributed by atoms with Gasteiger partial charge in [-0.25, -0.2) is 0 Å². The van der Waals surface area contributed by atoms with E-state index in [1.54, 1.807) is 0 Å². The zero-order valence-electron chi connectivity index (χ0n) is 12.6. The van der Waals surface area contributed by atoms with Gasteiger partial charge >= 0.3 is 0 Å². The second-order valence-electron chi connectivity index (χ2n) is 6.55. The zero-order valence-corrected chi connectivity index (χ0v) is 14.1. The molecular formula is C21H14Cl2. The predicted molar refractivity (Wildman–Crippen MR) is 95.8 cm³/mol. The minimum Gasteiger partial charge on any atom is -0.0840 e. The molecular weight excluding hydrogens is 323 g/mol. The molecule has 0 fully saturated rings. The summed E-state index contributed by atoms with van der Waals surface area (Å²) in [5.41, 5.74) is 7.46. The topological polar surface area (TPSA) is 0 Å². The van der Waals surface area contributed by atoms with E-state index in [1.807, 2.05) is 12.1 Å². The molecule has 0 saturated heterocycles. The van der Waals surface area contributed by atoms with Crippen LogP contribution in [0, 0.1) is 0 Å². The van der Waals surface area contributed by atoms with Crippen LogP contribution in [0.15, 0.2) is 60.7 Å². The van der Waals surface area contributed by atoms with Gasteiger partial charge in [-0.3, -0.25) is 0 Å². The lowest BCUT2D eigenvalue weighted by Gasteiger charge is -2.49. The van der Waals surface area contributed by atoms with Gasteiger partial charge in [-0.1, -0.05) is 71.7 Å². The summed E-state index contributed by atoms with van der Waals surface area (Å²) in [6, 6.07) is 21.2. The smallest absolute Gasteiger partial charge is 0.0461 e. The summed E-state index contributed by atoms with van der Waals surface area (Å²) in [5, 5.41) is 1.66. The standard InChI is InChI=1S/C21H14Cl2/c1-21-15-9-3-2-6-12(15)18(13-7-4-10-16(22)19(13)21)14-8-5-11-17(23)20(14)21/h2-11,18H,1H3. The molecule has 0 saturated carbocycles. The van der Waals surface area contributed by atoms with E-state index in [9.17, 15) is 0 Å². The van der Waals surface area contributed by atoms with Crippen molar-refractivity contribution >= 4 is 23.2 Å². The van der Waals surface area contributed by atoms with Crippen molar-refractivity contribution in [1.82, 2.24) is 0 Å². The summed E-state index contributed by atoms with van der Waals surface area (Å²) in [6.45, 7) is 2.26. The molecule has 0 aromatic heterocycles. The van der Waals surface area contributed by atoms with Crippen LogP contribution in [0.1, 0.15) is 46.2 Å². The third kappa shape index (κ3) is 1.49. The maximum absolute atomic E-state index is 6.67. The van der Waals surface area contributed by atoms with Crippen molar-refractivity contribution < 1.29 is 0 Å². The first-order chi connectivity index (χ1) is 11.1. The molecule has 0 nitrogen and oxygen atoms in total. The molecule has 2 heteroatoms. The molecule has 0 aliphatic heterocycles. The van der Waals surface area contributed by atoms with Crippen molar-refractivity contribution in [2.75, 3.05) is 0 Å². The number of halogens is 2. The number of hydrogen-bond donors (Lipinski definition) is 0. The lowest BCUT2D eigenvalue weighted by molar-refractivity contribution is 0.594. The summed E-state index contributed by atoms with van der Waals surface area (Å²) in [5.74, 6) is 0.218. The van der Waals surface area contributed by atoms with Crippen molar-refractivity contribution in [2.24, 2.45) is 0 Å². The fraction of sp³-hybridized carbons (Fsp3) is 0.143. The van der Waals surface area contributed by atoms with Gasteiger partial charge in [0.25, 0.3) is 0 Å². The number of hydrogen-bond acceptors (Lipinski definition) is 0. The van der Waals surface area contributed by atoms with Gasteiger partial charge in [0.15, 0.2) is 0 Å². The maximum atomic E-state index is 6.67. The Morgan fingerprint density at radius 3 is 1.83 bits per heavy atom. The molecule has 0 spiro atoms. The van der Waals surface area contributed by atoms with Crippen LogP contribution < -0.4 is 0 Å². The normalized spacial score (nSPS) is 23.2. The van der Waals surface area contributed by atoms with Gasteiger partial charge in [0.2, 0.25) is 0 Å². The summed E-state index contributed by atoms with van der Waals surface area (Å²) >= 11 is 13.3. The Morgan fingerprint density at radius 1 is 0.696 bits per heavy atom. The highest BCUT2D eigenvalue weighted by Crippen LogP contribution is 2.61. The van der Waals surface area contributed by atoms with Gasteiger partial charge in [0.05, 0.1) is 0 Å². The minimum absolute atomic E-state index is 0.218. The molecule has 0 heterocycles. The van der Waals surface area contributed by atoms with Gasteiger partial charge in [0, 0.05) is 21.4 Å². The van der Waals surface area contributed by atoms with Gasteiger partial charge in [0.1, 0.15) is 0 Å². The van der Waals surface area contributed by atoms with Crippen LogP contribution in [0.2, 0.25) is 10.0 Å². The molecule has 112 valence electrons. The quantitative estimate of drug-likeness (QED) is 0.461. The Kier molecular flexibility index (Phi) is 2.62. The average molecular weight is 337 g/mol. The largest absolute Gasteiger partial charge is 0.0840 e. The molecule has 0 amide bonds. The lowest BCUT2D eigenvalue weighted by Crippen LogP contribution is -2.40. The molecule has 23 heavy (non-hydrogen) atoms. The molecule has 6 rings (SSSR count). The molecule has 0 N–H and O–H groups in total. The van der Waals surface area contributed by atoms with Crippen LogP contribution in [0.5, 0.6) is 0 Å². The van der Waals surface area contributed by atoms with Crippen LogP contribution in [0.3, 0.4) is 0 Å². The first kappa shape index (κ1) is 13.7. The summed E-state index contributed by atoms with van der Waals surface area (Å²) in [6.07, 6.45) is 0. The van der Waals surface area contributed by atoms with Gasteiger partial charge in [-0.2, -0.15) is 0 Å². The SMILES string of the molecule is CC12c3ccccc3C(c3cccc(Cl)c31)c1cccc(Cl)c12. The minimum atomic E-state index is -0.299. The summed E-state index contributed by atoms with van der Waals surface area (Å²) in [7, 11) is 0. The summed E-state index contributed by atoms with van der Waals surface area (Å²) < 4.78 is 0. The zero-order chi connectivity index (χ0) is 15.8. The highest BCUT2D eigenvalue weighted by molar-refractivity contribution is 6.33. The van der Waals surface area contributed by atoms with Gasteiger partial charge in [-0.15, -0.1) is 0 Å². The highest BCUT2D eigenvalue weighted by atomic mass is 35.5. The lowest BCUT2D eigenvalue weighted by atomic mass is 9.54. The van der Waals surface area contributed by atoms with Crippen LogP contribution in [0.25, 0.3) is 0 Å². The number of rotatable bonds is 0. The molecule has 3 aromatic carbocycles. The molecule has 3 aromatic rings. The van der Waals surface area contributed by atoms with E-state index >= 15 is 0 Å². The Morgan fingerprint density at radius 2 is 1.22 bits per heavy atom. The van der Waals surface area contributed by atoms with Crippen molar-refractivity contribution in [2.45, 2.75) is 18.3 Å². The second-order valence-corrected chi connectivity index (χ2v) is 7.37. The second kappa shape index (κ2) is 4.41. The van der Waals surface area contributed by atoms with E-state index in [2.05, 4.69) is 55.5 Å². The van der Waals surface area contributed by atoms with Crippen molar-refractivity contribution in [3.05, 3.63) is 104 Å². The molecule has 3 aliphatic carbocycles. The van der Waals surface area contributed by atoms with E-state index in [4.69, 9.17) is 23.2 Å². The monoisotopic (exact) mass is 336 g/mol. The Balaban J connectivity index is 2.02. The van der Waals surface area contributed by atoms with E-state index in [1.165, 1.54) is 33.4 Å². The van der Waals surface area contributed by atoms with Crippen molar-refractivity contribution in [3.63, 3.8) is 0 Å². The van der Waals surface area contributed by atoms with Crippen LogP contribution in [-0.2, 0) is 5.41 Å². The van der Waals surface area contributed by atoms with E-state index in [0.717, 1.165) is 10.0 Å². The molecule has 0 atom stereocenters. The van der Waals surface area contributed by atoms with Crippen molar-refractivity contribution in [1.29, 1.82) is 0 Å². The number of benzene rings is 3. The van der Waals surface area contributed by atoms with E-state index in [0.29, 0.717) is 0 Å². The fourth-order valence-electron chi connectivity index (χ4n) is 4.72. The van der Waals surface area contributed by atoms with Crippen molar-refractivity contribution in [3.8, 4) is 0 Å². The van der Waals surface area contributed by atoms with E-state index in [-0.39, 0.29) is 11.3 Å². The van der Waals surface area contributed by atoms with Crippen LogP contribution in [-0.4, -0.2) is 0 Å².